The summed E-state index contributed by atoms with van der Waals surface area (Å²) in [6.07, 6.45) is 4.07. The second kappa shape index (κ2) is 8.41. The van der Waals surface area contributed by atoms with Crippen LogP contribution in [0.1, 0.15) is 24.0 Å². The van der Waals surface area contributed by atoms with E-state index in [1.165, 1.54) is 18.5 Å². The lowest BCUT2D eigenvalue weighted by atomic mass is 10.1. The number of hydrogen-bond donors (Lipinski definition) is 1. The van der Waals surface area contributed by atoms with Crippen LogP contribution >= 0.6 is 0 Å². The summed E-state index contributed by atoms with van der Waals surface area (Å²) in [7, 11) is 1.57. The van der Waals surface area contributed by atoms with E-state index >= 15 is 0 Å². The van der Waals surface area contributed by atoms with Crippen LogP contribution in [0.15, 0.2) is 48.0 Å². The van der Waals surface area contributed by atoms with Gasteiger partial charge in [0.15, 0.2) is 0 Å². The Morgan fingerprint density at radius 1 is 1.22 bits per heavy atom. The molecule has 2 aromatic rings. The number of ether oxygens (including phenoxy) is 1. The van der Waals surface area contributed by atoms with Gasteiger partial charge < -0.3 is 15.0 Å². The largest absolute Gasteiger partial charge is 0.497 e. The molecule has 5 nitrogen and oxygen atoms in total. The zero-order chi connectivity index (χ0) is 19.2. The first kappa shape index (κ1) is 18.5. The predicted octanol–water partition coefficient (Wildman–Crippen LogP) is 4.15. The summed E-state index contributed by atoms with van der Waals surface area (Å²) < 4.78 is 5.15. The summed E-state index contributed by atoms with van der Waals surface area (Å²) in [4.78, 5) is 14.8. The number of benzene rings is 2. The zero-order valence-corrected chi connectivity index (χ0v) is 15.7. The lowest BCUT2D eigenvalue weighted by molar-refractivity contribution is -0.112. The van der Waals surface area contributed by atoms with Gasteiger partial charge in [0.1, 0.15) is 17.4 Å². The van der Waals surface area contributed by atoms with Crippen LogP contribution in [-0.4, -0.2) is 26.1 Å². The average Bonchev–Trinajstić information content (AvgIpc) is 3.20. The number of hydrogen-bond acceptors (Lipinski definition) is 4. The Labute approximate surface area is 159 Å². The summed E-state index contributed by atoms with van der Waals surface area (Å²) >= 11 is 0. The molecule has 1 amide bonds. The number of rotatable bonds is 5. The van der Waals surface area contributed by atoms with Crippen molar-refractivity contribution in [3.8, 4) is 11.8 Å². The maximum Gasteiger partial charge on any atom is 0.266 e. The van der Waals surface area contributed by atoms with Crippen LogP contribution in [-0.2, 0) is 4.79 Å². The molecule has 0 aromatic heterocycles. The number of anilines is 2. The topological polar surface area (TPSA) is 65.4 Å². The monoisotopic (exact) mass is 361 g/mol. The van der Waals surface area contributed by atoms with Gasteiger partial charge in [0.25, 0.3) is 5.91 Å². The average molecular weight is 361 g/mol. The molecule has 5 heteroatoms. The Balaban J connectivity index is 1.78. The molecule has 1 aliphatic heterocycles. The number of carbonyl (C=O) groups excluding carboxylic acids is 1. The first-order chi connectivity index (χ1) is 13.1. The van der Waals surface area contributed by atoms with Crippen molar-refractivity contribution in [1.29, 1.82) is 5.26 Å². The van der Waals surface area contributed by atoms with Crippen molar-refractivity contribution >= 4 is 23.4 Å². The third-order valence-corrected chi connectivity index (χ3v) is 4.67. The molecule has 0 saturated carbocycles. The fourth-order valence-corrected chi connectivity index (χ4v) is 3.30. The summed E-state index contributed by atoms with van der Waals surface area (Å²) in [6, 6.07) is 15.1. The Morgan fingerprint density at radius 2 is 2.00 bits per heavy atom. The van der Waals surface area contributed by atoms with Crippen molar-refractivity contribution in [1.82, 2.24) is 0 Å². The number of carbonyl (C=O) groups is 1. The van der Waals surface area contributed by atoms with Gasteiger partial charge in [0.05, 0.1) is 7.11 Å². The van der Waals surface area contributed by atoms with Crippen molar-refractivity contribution in [2.45, 2.75) is 19.8 Å². The standard InChI is InChI=1S/C22H23N3O2/c1-16-12-17(8-9-21(16)25-10-3-4-11-25)13-18(15-23)22(26)24-19-6-5-7-20(14-19)27-2/h5-9,12-14H,3-4,10-11H2,1-2H3,(H,24,26). The van der Waals surface area contributed by atoms with Gasteiger partial charge in [-0.15, -0.1) is 0 Å². The first-order valence-electron chi connectivity index (χ1n) is 9.03. The summed E-state index contributed by atoms with van der Waals surface area (Å²) in [5.74, 6) is 0.204. The molecular weight excluding hydrogens is 338 g/mol. The molecule has 3 rings (SSSR count). The van der Waals surface area contributed by atoms with Crippen LogP contribution in [0.2, 0.25) is 0 Å². The number of nitrogens with zero attached hydrogens (tertiary/aromatic N) is 2. The normalized spacial score (nSPS) is 14.0. The number of methoxy groups -OCH3 is 1. The molecule has 1 saturated heterocycles. The highest BCUT2D eigenvalue weighted by molar-refractivity contribution is 6.09. The minimum Gasteiger partial charge on any atom is -0.497 e. The van der Waals surface area contributed by atoms with Gasteiger partial charge in [-0.1, -0.05) is 12.1 Å². The Kier molecular flexibility index (Phi) is 5.77. The fraction of sp³-hybridized carbons (Fsp3) is 0.273. The van der Waals surface area contributed by atoms with E-state index in [1.807, 2.05) is 18.2 Å². The van der Waals surface area contributed by atoms with E-state index in [9.17, 15) is 10.1 Å². The number of nitriles is 1. The third-order valence-electron chi connectivity index (χ3n) is 4.67. The van der Waals surface area contributed by atoms with Gasteiger partial charge in [-0.25, -0.2) is 0 Å². The van der Waals surface area contributed by atoms with E-state index in [0.29, 0.717) is 11.4 Å². The molecule has 1 N–H and O–H groups in total. The van der Waals surface area contributed by atoms with Gasteiger partial charge >= 0.3 is 0 Å². The molecule has 2 aromatic carbocycles. The molecule has 0 radical (unpaired) electrons. The first-order valence-corrected chi connectivity index (χ1v) is 9.03. The van der Waals surface area contributed by atoms with E-state index in [0.717, 1.165) is 24.2 Å². The van der Waals surface area contributed by atoms with E-state index in [2.05, 4.69) is 23.2 Å². The van der Waals surface area contributed by atoms with Gasteiger partial charge in [-0.2, -0.15) is 5.26 Å². The summed E-state index contributed by atoms with van der Waals surface area (Å²) in [6.45, 7) is 4.23. The Bertz CT molecular complexity index is 906. The van der Waals surface area contributed by atoms with Crippen molar-refractivity contribution in [3.05, 3.63) is 59.2 Å². The predicted molar refractivity (Wildman–Crippen MR) is 108 cm³/mol. The van der Waals surface area contributed by atoms with Crippen molar-refractivity contribution < 1.29 is 9.53 Å². The molecule has 1 fully saturated rings. The van der Waals surface area contributed by atoms with E-state index in [4.69, 9.17) is 4.74 Å². The van der Waals surface area contributed by atoms with Crippen LogP contribution in [0.4, 0.5) is 11.4 Å². The minimum atomic E-state index is -0.438. The van der Waals surface area contributed by atoms with Crippen molar-refractivity contribution in [3.63, 3.8) is 0 Å². The second-order valence-electron chi connectivity index (χ2n) is 6.60. The smallest absolute Gasteiger partial charge is 0.266 e. The van der Waals surface area contributed by atoms with Crippen LogP contribution < -0.4 is 15.0 Å². The molecule has 0 bridgehead atoms. The van der Waals surface area contributed by atoms with E-state index in [-0.39, 0.29) is 5.57 Å². The molecule has 0 aliphatic carbocycles. The lowest BCUT2D eigenvalue weighted by Gasteiger charge is -2.20. The number of aryl methyl sites for hydroxylation is 1. The highest BCUT2D eigenvalue weighted by atomic mass is 16.5. The molecule has 138 valence electrons. The van der Waals surface area contributed by atoms with E-state index < -0.39 is 5.91 Å². The van der Waals surface area contributed by atoms with Gasteiger partial charge in [0.2, 0.25) is 0 Å². The molecular formula is C22H23N3O2. The number of nitrogens with one attached hydrogen (secondary N) is 1. The lowest BCUT2D eigenvalue weighted by Crippen LogP contribution is -2.18. The Morgan fingerprint density at radius 3 is 2.67 bits per heavy atom. The van der Waals surface area contributed by atoms with Crippen molar-refractivity contribution in [2.24, 2.45) is 0 Å². The highest BCUT2D eigenvalue weighted by Crippen LogP contribution is 2.26. The number of amides is 1. The Hall–Kier alpha value is -3.26. The fourth-order valence-electron chi connectivity index (χ4n) is 3.30. The summed E-state index contributed by atoms with van der Waals surface area (Å²) in [5.41, 5.74) is 3.86. The van der Waals surface area contributed by atoms with Crippen LogP contribution in [0, 0.1) is 18.3 Å². The molecule has 1 aliphatic rings. The van der Waals surface area contributed by atoms with Gasteiger partial charge in [-0.3, -0.25) is 4.79 Å². The minimum absolute atomic E-state index is 0.0612. The van der Waals surface area contributed by atoms with Crippen molar-refractivity contribution in [2.75, 3.05) is 30.4 Å². The molecule has 0 atom stereocenters. The quantitative estimate of drug-likeness (QED) is 0.642. The van der Waals surface area contributed by atoms with Crippen LogP contribution in [0.25, 0.3) is 6.08 Å². The van der Waals surface area contributed by atoms with Gasteiger partial charge in [-0.05, 0) is 61.2 Å². The zero-order valence-electron chi connectivity index (χ0n) is 15.7. The second-order valence-corrected chi connectivity index (χ2v) is 6.60. The SMILES string of the molecule is COc1cccc(NC(=O)C(C#N)=Cc2ccc(N3CCCC3)c(C)c2)c1. The van der Waals surface area contributed by atoms with Crippen LogP contribution in [0.3, 0.4) is 0 Å². The maximum atomic E-state index is 12.5. The maximum absolute atomic E-state index is 12.5. The van der Waals surface area contributed by atoms with Crippen LogP contribution in [0.5, 0.6) is 5.75 Å². The molecule has 27 heavy (non-hydrogen) atoms. The third kappa shape index (κ3) is 4.48. The highest BCUT2D eigenvalue weighted by Gasteiger charge is 2.15. The molecule has 1 heterocycles. The molecule has 0 unspecified atom stereocenters. The summed E-state index contributed by atoms with van der Waals surface area (Å²) in [5, 5.41) is 12.2. The molecule has 0 spiro atoms. The van der Waals surface area contributed by atoms with Gasteiger partial charge in [0, 0.05) is 30.5 Å². The van der Waals surface area contributed by atoms with E-state index in [1.54, 1.807) is 37.5 Å².